The summed E-state index contributed by atoms with van der Waals surface area (Å²) >= 11 is 7.71. The summed E-state index contributed by atoms with van der Waals surface area (Å²) in [5, 5.41) is 1.35. The first-order valence-corrected chi connectivity index (χ1v) is 8.97. The fraction of sp³-hybridized carbons (Fsp3) is 0.250. The first kappa shape index (κ1) is 17.0. The molecule has 124 valence electrons. The molecule has 0 saturated heterocycles. The van der Waals surface area contributed by atoms with Crippen molar-refractivity contribution < 1.29 is 9.53 Å². The molecule has 2 nitrogen and oxygen atoms in total. The SMILES string of the molecule is Cc1cc(C(C)(C)C)ccc1OC(=O)c1sc2ccccc2c1Cl. The van der Waals surface area contributed by atoms with Gasteiger partial charge in [-0.15, -0.1) is 11.3 Å². The Bertz CT molecular complexity index is 919. The van der Waals surface area contributed by atoms with Gasteiger partial charge in [-0.2, -0.15) is 0 Å². The fourth-order valence-electron chi connectivity index (χ4n) is 2.52. The molecule has 3 aromatic rings. The zero-order valence-electron chi connectivity index (χ0n) is 14.1. The molecule has 0 aliphatic rings. The number of fused-ring (bicyclic) bond motifs is 1. The molecule has 0 N–H and O–H groups in total. The van der Waals surface area contributed by atoms with E-state index in [1.54, 1.807) is 0 Å². The second-order valence-electron chi connectivity index (χ2n) is 6.86. The summed E-state index contributed by atoms with van der Waals surface area (Å²) in [5.74, 6) is 0.161. The molecule has 0 radical (unpaired) electrons. The van der Waals surface area contributed by atoms with Gasteiger partial charge in [0.15, 0.2) is 0 Å². The van der Waals surface area contributed by atoms with E-state index in [4.69, 9.17) is 16.3 Å². The van der Waals surface area contributed by atoms with Gasteiger partial charge in [0.2, 0.25) is 0 Å². The maximum atomic E-state index is 12.5. The first-order chi connectivity index (χ1) is 11.3. The molecule has 24 heavy (non-hydrogen) atoms. The quantitative estimate of drug-likeness (QED) is 0.392. The van der Waals surface area contributed by atoms with Crippen LogP contribution in [0, 0.1) is 6.92 Å². The highest BCUT2D eigenvalue weighted by atomic mass is 35.5. The Morgan fingerprint density at radius 2 is 1.83 bits per heavy atom. The highest BCUT2D eigenvalue weighted by Crippen LogP contribution is 2.36. The predicted molar refractivity (Wildman–Crippen MR) is 102 cm³/mol. The highest BCUT2D eigenvalue weighted by Gasteiger charge is 2.20. The molecule has 1 heterocycles. The predicted octanol–water partition coefficient (Wildman–Crippen LogP) is 6.38. The number of hydrogen-bond donors (Lipinski definition) is 0. The second kappa shape index (κ2) is 6.23. The maximum absolute atomic E-state index is 12.5. The van der Waals surface area contributed by atoms with Crippen LogP contribution in [0.4, 0.5) is 0 Å². The lowest BCUT2D eigenvalue weighted by Gasteiger charge is -2.20. The van der Waals surface area contributed by atoms with Gasteiger partial charge in [-0.05, 0) is 35.6 Å². The molecule has 0 spiro atoms. The fourth-order valence-corrected chi connectivity index (χ4v) is 3.91. The third-order valence-electron chi connectivity index (χ3n) is 3.96. The number of thiophene rings is 1. The van der Waals surface area contributed by atoms with Crippen LogP contribution in [0.25, 0.3) is 10.1 Å². The van der Waals surface area contributed by atoms with Crippen molar-refractivity contribution in [2.45, 2.75) is 33.1 Å². The molecule has 0 aliphatic carbocycles. The molecule has 0 amide bonds. The Balaban J connectivity index is 1.90. The van der Waals surface area contributed by atoms with Crippen molar-refractivity contribution in [3.63, 3.8) is 0 Å². The van der Waals surface area contributed by atoms with Crippen LogP contribution in [0.3, 0.4) is 0 Å². The minimum Gasteiger partial charge on any atom is -0.422 e. The number of esters is 1. The molecule has 0 aliphatic heterocycles. The van der Waals surface area contributed by atoms with E-state index in [0.717, 1.165) is 15.6 Å². The number of rotatable bonds is 2. The number of carbonyl (C=O) groups excluding carboxylic acids is 1. The van der Waals surface area contributed by atoms with Crippen molar-refractivity contribution in [2.75, 3.05) is 0 Å². The second-order valence-corrected chi connectivity index (χ2v) is 8.29. The summed E-state index contributed by atoms with van der Waals surface area (Å²) in [7, 11) is 0. The lowest BCUT2D eigenvalue weighted by Crippen LogP contribution is -2.12. The van der Waals surface area contributed by atoms with E-state index < -0.39 is 5.97 Å². The highest BCUT2D eigenvalue weighted by molar-refractivity contribution is 7.21. The average molecular weight is 359 g/mol. The zero-order chi connectivity index (χ0) is 17.5. The van der Waals surface area contributed by atoms with Gasteiger partial charge >= 0.3 is 5.97 Å². The van der Waals surface area contributed by atoms with Crippen LogP contribution >= 0.6 is 22.9 Å². The van der Waals surface area contributed by atoms with Gasteiger partial charge in [0.1, 0.15) is 10.6 Å². The Kier molecular flexibility index (Phi) is 4.41. The van der Waals surface area contributed by atoms with Gasteiger partial charge in [0.25, 0.3) is 0 Å². The van der Waals surface area contributed by atoms with E-state index in [1.807, 2.05) is 43.3 Å². The summed E-state index contributed by atoms with van der Waals surface area (Å²) in [6, 6.07) is 13.6. The van der Waals surface area contributed by atoms with E-state index in [0.29, 0.717) is 15.6 Å². The molecule has 3 rings (SSSR count). The minimum absolute atomic E-state index is 0.0576. The van der Waals surface area contributed by atoms with Gasteiger partial charge in [0, 0.05) is 10.1 Å². The van der Waals surface area contributed by atoms with Crippen LogP contribution < -0.4 is 4.74 Å². The normalized spacial score (nSPS) is 11.7. The Hall–Kier alpha value is -1.84. The molecule has 4 heteroatoms. The largest absolute Gasteiger partial charge is 0.422 e. The van der Waals surface area contributed by atoms with Gasteiger partial charge in [-0.25, -0.2) is 4.79 Å². The number of halogens is 1. The minimum atomic E-state index is -0.409. The Morgan fingerprint density at radius 1 is 1.12 bits per heavy atom. The van der Waals surface area contributed by atoms with Crippen molar-refractivity contribution in [1.82, 2.24) is 0 Å². The standard InChI is InChI=1S/C20H19ClO2S/c1-12-11-13(20(2,3)4)9-10-15(12)23-19(22)18-17(21)14-7-5-6-8-16(14)24-18/h5-11H,1-4H3. The lowest BCUT2D eigenvalue weighted by molar-refractivity contribution is 0.0739. The summed E-state index contributed by atoms with van der Waals surface area (Å²) < 4.78 is 6.58. The van der Waals surface area contributed by atoms with Crippen molar-refractivity contribution in [3.05, 3.63) is 63.5 Å². The number of hydrogen-bond acceptors (Lipinski definition) is 3. The monoisotopic (exact) mass is 358 g/mol. The van der Waals surface area contributed by atoms with Crippen LogP contribution in [0.2, 0.25) is 5.02 Å². The lowest BCUT2D eigenvalue weighted by atomic mass is 9.86. The van der Waals surface area contributed by atoms with Crippen LogP contribution in [0.1, 0.15) is 41.6 Å². The third kappa shape index (κ3) is 3.19. The zero-order valence-corrected chi connectivity index (χ0v) is 15.7. The smallest absolute Gasteiger partial charge is 0.355 e. The molecule has 0 bridgehead atoms. The number of carbonyl (C=O) groups is 1. The van der Waals surface area contributed by atoms with Gasteiger partial charge in [-0.1, -0.05) is 62.7 Å². The van der Waals surface area contributed by atoms with Crippen LogP contribution in [-0.2, 0) is 5.41 Å². The van der Waals surface area contributed by atoms with Crippen LogP contribution in [0.5, 0.6) is 5.75 Å². The molecule has 0 atom stereocenters. The van der Waals surface area contributed by atoms with Gasteiger partial charge < -0.3 is 4.74 Å². The van der Waals surface area contributed by atoms with Crippen molar-refractivity contribution >= 4 is 39.0 Å². The molecule has 0 fully saturated rings. The molecular formula is C20H19ClO2S. The van der Waals surface area contributed by atoms with Crippen molar-refractivity contribution in [2.24, 2.45) is 0 Å². The number of aryl methyl sites for hydroxylation is 1. The van der Waals surface area contributed by atoms with E-state index in [-0.39, 0.29) is 5.41 Å². The Morgan fingerprint density at radius 3 is 2.46 bits per heavy atom. The van der Waals surface area contributed by atoms with E-state index >= 15 is 0 Å². The van der Waals surface area contributed by atoms with Gasteiger partial charge in [0.05, 0.1) is 5.02 Å². The van der Waals surface area contributed by atoms with Crippen LogP contribution in [0.15, 0.2) is 42.5 Å². The molecular weight excluding hydrogens is 340 g/mol. The van der Waals surface area contributed by atoms with Crippen molar-refractivity contribution in [1.29, 1.82) is 0 Å². The van der Waals surface area contributed by atoms with E-state index in [1.165, 1.54) is 16.9 Å². The maximum Gasteiger partial charge on any atom is 0.355 e. The summed E-state index contributed by atoms with van der Waals surface area (Å²) in [6.45, 7) is 8.42. The summed E-state index contributed by atoms with van der Waals surface area (Å²) in [6.07, 6.45) is 0. The number of ether oxygens (including phenoxy) is 1. The Labute approximate surface area is 151 Å². The van der Waals surface area contributed by atoms with E-state index in [9.17, 15) is 4.79 Å². The summed E-state index contributed by atoms with van der Waals surface area (Å²) in [5.41, 5.74) is 2.20. The number of benzene rings is 2. The van der Waals surface area contributed by atoms with Crippen LogP contribution in [-0.4, -0.2) is 5.97 Å². The summed E-state index contributed by atoms with van der Waals surface area (Å²) in [4.78, 5) is 13.0. The van der Waals surface area contributed by atoms with E-state index in [2.05, 4.69) is 26.8 Å². The first-order valence-electron chi connectivity index (χ1n) is 7.77. The topological polar surface area (TPSA) is 26.3 Å². The molecule has 2 aromatic carbocycles. The molecule has 0 saturated carbocycles. The third-order valence-corrected chi connectivity index (χ3v) is 5.62. The van der Waals surface area contributed by atoms with Gasteiger partial charge in [-0.3, -0.25) is 0 Å². The molecule has 1 aromatic heterocycles. The average Bonchev–Trinajstić information content (AvgIpc) is 2.86. The van der Waals surface area contributed by atoms with Crippen molar-refractivity contribution in [3.8, 4) is 5.75 Å². The molecule has 0 unspecified atom stereocenters.